The smallest absolute Gasteiger partial charge is 0.251 e. The minimum atomic E-state index is -0.0803. The van der Waals surface area contributed by atoms with Crippen molar-refractivity contribution in [2.24, 2.45) is 0 Å². The van der Waals surface area contributed by atoms with Crippen LogP contribution >= 0.6 is 0 Å². The maximum atomic E-state index is 12.6. The van der Waals surface area contributed by atoms with Crippen molar-refractivity contribution in [3.63, 3.8) is 0 Å². The topological polar surface area (TPSA) is 58.1 Å². The second kappa shape index (κ2) is 8.86. The van der Waals surface area contributed by atoms with Crippen LogP contribution in [0.5, 0.6) is 0 Å². The van der Waals surface area contributed by atoms with Gasteiger partial charge in [-0.2, -0.15) is 0 Å². The van der Waals surface area contributed by atoms with Crippen molar-refractivity contribution in [1.82, 2.24) is 15.3 Å². The highest BCUT2D eigenvalue weighted by Crippen LogP contribution is 2.28. The van der Waals surface area contributed by atoms with E-state index in [0.29, 0.717) is 5.56 Å². The SMILES string of the molecule is C[C@H](NC(=O)c1ccc(-c2nccnc2N2CCCCC2)cc1)c1ccccc1. The molecule has 1 aliphatic rings. The van der Waals surface area contributed by atoms with Gasteiger partial charge in [0.25, 0.3) is 5.91 Å². The van der Waals surface area contributed by atoms with Gasteiger partial charge in [0.1, 0.15) is 5.69 Å². The molecule has 4 rings (SSSR count). The molecule has 0 spiro atoms. The molecule has 148 valence electrons. The van der Waals surface area contributed by atoms with Crippen LogP contribution in [-0.2, 0) is 0 Å². The number of carbonyl (C=O) groups excluding carboxylic acids is 1. The van der Waals surface area contributed by atoms with Crippen LogP contribution in [0.25, 0.3) is 11.3 Å². The molecule has 1 atom stereocenters. The maximum Gasteiger partial charge on any atom is 0.251 e. The van der Waals surface area contributed by atoms with Gasteiger partial charge in [-0.3, -0.25) is 9.78 Å². The van der Waals surface area contributed by atoms with Gasteiger partial charge in [0.15, 0.2) is 5.82 Å². The van der Waals surface area contributed by atoms with Gasteiger partial charge >= 0.3 is 0 Å². The lowest BCUT2D eigenvalue weighted by molar-refractivity contribution is 0.0940. The zero-order valence-corrected chi connectivity index (χ0v) is 16.7. The summed E-state index contributed by atoms with van der Waals surface area (Å²) < 4.78 is 0. The van der Waals surface area contributed by atoms with Gasteiger partial charge in [-0.15, -0.1) is 0 Å². The van der Waals surface area contributed by atoms with Crippen LogP contribution in [0.2, 0.25) is 0 Å². The molecular weight excluding hydrogens is 360 g/mol. The molecule has 1 aliphatic heterocycles. The van der Waals surface area contributed by atoms with E-state index in [2.05, 4.69) is 20.2 Å². The largest absolute Gasteiger partial charge is 0.355 e. The first kappa shape index (κ1) is 19.1. The standard InChI is InChI=1S/C24H26N4O/c1-18(19-8-4-2-5-9-19)27-24(29)21-12-10-20(11-13-21)22-23(26-15-14-25-22)28-16-6-3-7-17-28/h2,4-5,8-15,18H,3,6-7,16-17H2,1H3,(H,27,29)/t18-/m0/s1. The predicted octanol–water partition coefficient (Wildman–Crippen LogP) is 4.62. The van der Waals surface area contributed by atoms with Gasteiger partial charge in [-0.1, -0.05) is 42.5 Å². The Morgan fingerprint density at radius 3 is 2.34 bits per heavy atom. The summed E-state index contributed by atoms with van der Waals surface area (Å²) in [4.78, 5) is 24.1. The van der Waals surface area contributed by atoms with E-state index in [9.17, 15) is 4.79 Å². The fourth-order valence-electron chi connectivity index (χ4n) is 3.76. The normalized spacial score (nSPS) is 15.0. The van der Waals surface area contributed by atoms with Crippen LogP contribution in [-0.4, -0.2) is 29.0 Å². The predicted molar refractivity (Wildman–Crippen MR) is 116 cm³/mol. The molecule has 0 bridgehead atoms. The van der Waals surface area contributed by atoms with Crippen molar-refractivity contribution in [1.29, 1.82) is 0 Å². The van der Waals surface area contributed by atoms with Gasteiger partial charge in [0, 0.05) is 36.6 Å². The van der Waals surface area contributed by atoms with Gasteiger partial charge in [0.2, 0.25) is 0 Å². The number of hydrogen-bond donors (Lipinski definition) is 1. The van der Waals surface area contributed by atoms with Gasteiger partial charge in [0.05, 0.1) is 6.04 Å². The molecule has 2 heterocycles. The van der Waals surface area contributed by atoms with Gasteiger partial charge in [-0.05, 0) is 43.9 Å². The number of piperidine rings is 1. The zero-order valence-electron chi connectivity index (χ0n) is 16.7. The number of carbonyl (C=O) groups is 1. The first-order chi connectivity index (χ1) is 14.2. The number of aromatic nitrogens is 2. The van der Waals surface area contributed by atoms with Crippen LogP contribution in [0.4, 0.5) is 5.82 Å². The van der Waals surface area contributed by atoms with Crippen LogP contribution in [0.15, 0.2) is 67.0 Å². The molecule has 29 heavy (non-hydrogen) atoms. The van der Waals surface area contributed by atoms with Crippen LogP contribution in [0.3, 0.4) is 0 Å². The molecule has 3 aromatic rings. The van der Waals surface area contributed by atoms with Crippen molar-refractivity contribution in [2.75, 3.05) is 18.0 Å². The molecule has 0 unspecified atom stereocenters. The van der Waals surface area contributed by atoms with E-state index in [0.717, 1.165) is 35.7 Å². The Bertz CT molecular complexity index is 950. The Kier molecular flexibility index (Phi) is 5.84. The van der Waals surface area contributed by atoms with Crippen molar-refractivity contribution >= 4 is 11.7 Å². The van der Waals surface area contributed by atoms with Crippen molar-refractivity contribution in [3.8, 4) is 11.3 Å². The summed E-state index contributed by atoms with van der Waals surface area (Å²) in [7, 11) is 0. The van der Waals surface area contributed by atoms with E-state index in [-0.39, 0.29) is 11.9 Å². The van der Waals surface area contributed by atoms with E-state index in [4.69, 9.17) is 0 Å². The quantitative estimate of drug-likeness (QED) is 0.695. The minimum Gasteiger partial charge on any atom is -0.355 e. The lowest BCUT2D eigenvalue weighted by Crippen LogP contribution is -2.30. The summed E-state index contributed by atoms with van der Waals surface area (Å²) in [5, 5.41) is 3.06. The highest BCUT2D eigenvalue weighted by Gasteiger charge is 2.18. The Balaban J connectivity index is 1.50. The molecule has 2 aromatic carbocycles. The molecule has 5 nitrogen and oxygen atoms in total. The van der Waals surface area contributed by atoms with E-state index in [1.165, 1.54) is 19.3 Å². The zero-order chi connectivity index (χ0) is 20.1. The number of hydrogen-bond acceptors (Lipinski definition) is 4. The third-order valence-corrected chi connectivity index (χ3v) is 5.40. The highest BCUT2D eigenvalue weighted by molar-refractivity contribution is 5.95. The summed E-state index contributed by atoms with van der Waals surface area (Å²) in [5.41, 5.74) is 3.58. The number of benzene rings is 2. The van der Waals surface area contributed by atoms with Crippen molar-refractivity contribution in [3.05, 3.63) is 78.1 Å². The van der Waals surface area contributed by atoms with E-state index in [1.54, 1.807) is 12.4 Å². The third-order valence-electron chi connectivity index (χ3n) is 5.40. The monoisotopic (exact) mass is 386 g/mol. The molecule has 0 radical (unpaired) electrons. The molecular formula is C24H26N4O. The average molecular weight is 386 g/mol. The second-order valence-electron chi connectivity index (χ2n) is 7.46. The Morgan fingerprint density at radius 1 is 0.931 bits per heavy atom. The van der Waals surface area contributed by atoms with Crippen LogP contribution in [0.1, 0.15) is 48.1 Å². The molecule has 1 amide bonds. The average Bonchev–Trinajstić information content (AvgIpc) is 2.80. The maximum absolute atomic E-state index is 12.6. The van der Waals surface area contributed by atoms with Gasteiger partial charge in [-0.25, -0.2) is 4.98 Å². The Morgan fingerprint density at radius 2 is 1.62 bits per heavy atom. The summed E-state index contributed by atoms with van der Waals surface area (Å²) in [5.74, 6) is 0.852. The molecule has 0 aliphatic carbocycles. The minimum absolute atomic E-state index is 0.0472. The van der Waals surface area contributed by atoms with E-state index in [1.807, 2.05) is 61.5 Å². The Hall–Kier alpha value is -3.21. The number of anilines is 1. The molecule has 1 saturated heterocycles. The summed E-state index contributed by atoms with van der Waals surface area (Å²) in [6.45, 7) is 4.03. The number of amides is 1. The fourth-order valence-corrected chi connectivity index (χ4v) is 3.76. The lowest BCUT2D eigenvalue weighted by atomic mass is 10.1. The van der Waals surface area contributed by atoms with Gasteiger partial charge < -0.3 is 10.2 Å². The first-order valence-corrected chi connectivity index (χ1v) is 10.2. The number of nitrogens with zero attached hydrogens (tertiary/aromatic N) is 3. The summed E-state index contributed by atoms with van der Waals surface area (Å²) in [6.07, 6.45) is 7.13. The lowest BCUT2D eigenvalue weighted by Gasteiger charge is -2.28. The van der Waals surface area contributed by atoms with Crippen LogP contribution < -0.4 is 10.2 Å². The molecule has 5 heteroatoms. The summed E-state index contributed by atoms with van der Waals surface area (Å²) >= 11 is 0. The van der Waals surface area contributed by atoms with E-state index >= 15 is 0 Å². The Labute approximate surface area is 171 Å². The molecule has 1 N–H and O–H groups in total. The highest BCUT2D eigenvalue weighted by atomic mass is 16.1. The van der Waals surface area contributed by atoms with Crippen LogP contribution in [0, 0.1) is 0 Å². The second-order valence-corrected chi connectivity index (χ2v) is 7.46. The molecule has 0 saturated carbocycles. The molecule has 1 aromatic heterocycles. The third kappa shape index (κ3) is 4.45. The number of rotatable bonds is 5. The molecule has 1 fully saturated rings. The first-order valence-electron chi connectivity index (χ1n) is 10.2. The van der Waals surface area contributed by atoms with Crippen molar-refractivity contribution < 1.29 is 4.79 Å². The summed E-state index contributed by atoms with van der Waals surface area (Å²) in [6, 6.07) is 17.6. The van der Waals surface area contributed by atoms with Crippen molar-refractivity contribution in [2.45, 2.75) is 32.2 Å². The number of nitrogens with one attached hydrogen (secondary N) is 1. The fraction of sp³-hybridized carbons (Fsp3) is 0.292. The van der Waals surface area contributed by atoms with E-state index < -0.39 is 0 Å².